The second-order valence-corrected chi connectivity index (χ2v) is 2.48. The third kappa shape index (κ3) is 2.58. The molecule has 3 heteroatoms. The molecule has 0 spiro atoms. The van der Waals surface area contributed by atoms with Crippen LogP contribution in [-0.4, -0.2) is 50.4 Å². The van der Waals surface area contributed by atoms with E-state index in [4.69, 9.17) is 0 Å². The van der Waals surface area contributed by atoms with Gasteiger partial charge in [0.15, 0.2) is 6.29 Å². The molecule has 0 rings (SSSR count). The van der Waals surface area contributed by atoms with Gasteiger partial charge in [-0.1, -0.05) is 0 Å². The third-order valence-corrected chi connectivity index (χ3v) is 1.18. The monoisotopic (exact) mass is 130 g/mol. The standard InChI is InChI=1S/C6H14N2O/c1-7(2)6(5-9)8(3)4/h5-6H,1-4H3. The highest BCUT2D eigenvalue weighted by molar-refractivity contribution is 5.56. The predicted octanol–water partition coefficient (Wildman–Crippen LogP) is -0.365. The summed E-state index contributed by atoms with van der Waals surface area (Å²) in [4.78, 5) is 14.0. The van der Waals surface area contributed by atoms with Crippen LogP contribution >= 0.6 is 0 Å². The fourth-order valence-electron chi connectivity index (χ4n) is 0.705. The number of nitrogens with zero attached hydrogens (tertiary/aromatic N) is 2. The molecule has 9 heavy (non-hydrogen) atoms. The Balaban J connectivity index is 3.82. The topological polar surface area (TPSA) is 23.6 Å². The second-order valence-electron chi connectivity index (χ2n) is 2.48. The first-order chi connectivity index (χ1) is 4.09. The van der Waals surface area contributed by atoms with Gasteiger partial charge >= 0.3 is 0 Å². The molecule has 0 saturated carbocycles. The van der Waals surface area contributed by atoms with Crippen LogP contribution in [0.1, 0.15) is 0 Å². The maximum Gasteiger partial charge on any atom is 0.151 e. The van der Waals surface area contributed by atoms with Crippen LogP contribution in [0.4, 0.5) is 0 Å². The van der Waals surface area contributed by atoms with Crippen molar-refractivity contribution >= 4 is 6.29 Å². The van der Waals surface area contributed by atoms with Gasteiger partial charge < -0.3 is 4.79 Å². The van der Waals surface area contributed by atoms with Crippen LogP contribution in [0.25, 0.3) is 0 Å². The second kappa shape index (κ2) is 3.58. The van der Waals surface area contributed by atoms with Gasteiger partial charge in [0.2, 0.25) is 0 Å². The Labute approximate surface area is 56.2 Å². The van der Waals surface area contributed by atoms with Crippen molar-refractivity contribution < 1.29 is 4.79 Å². The molecule has 0 aromatic heterocycles. The summed E-state index contributed by atoms with van der Waals surface area (Å²) in [6.07, 6.45) is 0.824. The van der Waals surface area contributed by atoms with Gasteiger partial charge in [0.05, 0.1) is 0 Å². The van der Waals surface area contributed by atoms with Gasteiger partial charge in [-0.15, -0.1) is 0 Å². The van der Waals surface area contributed by atoms with Crippen LogP contribution in [0.3, 0.4) is 0 Å². The SMILES string of the molecule is CN(C)C(C=O)N(C)C. The Morgan fingerprint density at radius 1 is 1.11 bits per heavy atom. The Bertz CT molecular complexity index is 83.1. The zero-order valence-corrected chi connectivity index (χ0v) is 6.46. The molecule has 3 nitrogen and oxygen atoms in total. The first kappa shape index (κ1) is 8.59. The normalized spacial score (nSPS) is 11.4. The minimum Gasteiger partial charge on any atom is -0.300 e. The van der Waals surface area contributed by atoms with E-state index in [-0.39, 0.29) is 6.17 Å². The third-order valence-electron chi connectivity index (χ3n) is 1.18. The fraction of sp³-hybridized carbons (Fsp3) is 0.833. The lowest BCUT2D eigenvalue weighted by Crippen LogP contribution is -2.41. The highest BCUT2D eigenvalue weighted by atomic mass is 16.1. The molecule has 0 amide bonds. The molecule has 0 aliphatic heterocycles. The van der Waals surface area contributed by atoms with Crippen molar-refractivity contribution in [2.24, 2.45) is 0 Å². The minimum atomic E-state index is -0.0926. The minimum absolute atomic E-state index is 0.0926. The first-order valence-corrected chi connectivity index (χ1v) is 2.87. The number of aldehydes is 1. The van der Waals surface area contributed by atoms with Crippen molar-refractivity contribution in [2.45, 2.75) is 6.17 Å². The van der Waals surface area contributed by atoms with Gasteiger partial charge in [0.25, 0.3) is 0 Å². The maximum atomic E-state index is 10.3. The Hall–Kier alpha value is -0.410. The summed E-state index contributed by atoms with van der Waals surface area (Å²) < 4.78 is 0. The summed E-state index contributed by atoms with van der Waals surface area (Å²) in [7, 11) is 7.50. The van der Waals surface area contributed by atoms with Crippen LogP contribution in [0.5, 0.6) is 0 Å². The molecule has 0 atom stereocenters. The van der Waals surface area contributed by atoms with E-state index >= 15 is 0 Å². The van der Waals surface area contributed by atoms with Gasteiger partial charge in [0, 0.05) is 0 Å². The number of rotatable bonds is 3. The molecule has 0 unspecified atom stereocenters. The Morgan fingerprint density at radius 2 is 1.44 bits per heavy atom. The average Bonchev–Trinajstić information content (AvgIpc) is 1.64. The zero-order valence-electron chi connectivity index (χ0n) is 6.46. The lowest BCUT2D eigenvalue weighted by atomic mass is 10.5. The summed E-state index contributed by atoms with van der Waals surface area (Å²) in [6, 6.07) is 0. The van der Waals surface area contributed by atoms with Crippen LogP contribution in [0, 0.1) is 0 Å². The first-order valence-electron chi connectivity index (χ1n) is 2.87. The molecule has 0 radical (unpaired) electrons. The van der Waals surface area contributed by atoms with E-state index in [0.717, 1.165) is 6.29 Å². The lowest BCUT2D eigenvalue weighted by Gasteiger charge is -2.24. The van der Waals surface area contributed by atoms with Gasteiger partial charge in [-0.05, 0) is 28.2 Å². The van der Waals surface area contributed by atoms with E-state index in [1.165, 1.54) is 0 Å². The van der Waals surface area contributed by atoms with E-state index in [9.17, 15) is 4.79 Å². The highest BCUT2D eigenvalue weighted by Gasteiger charge is 2.10. The van der Waals surface area contributed by atoms with Crippen molar-refractivity contribution in [3.05, 3.63) is 0 Å². The molecule has 54 valence electrons. The molecule has 0 bridgehead atoms. The maximum absolute atomic E-state index is 10.3. The molecule has 0 aromatic rings. The summed E-state index contributed by atoms with van der Waals surface area (Å²) >= 11 is 0. The molecular formula is C6H14N2O. The molecular weight excluding hydrogens is 116 g/mol. The summed E-state index contributed by atoms with van der Waals surface area (Å²) in [5, 5.41) is 0. The van der Waals surface area contributed by atoms with Crippen molar-refractivity contribution in [1.82, 2.24) is 9.80 Å². The van der Waals surface area contributed by atoms with E-state index in [2.05, 4.69) is 0 Å². The average molecular weight is 130 g/mol. The van der Waals surface area contributed by atoms with E-state index in [1.54, 1.807) is 0 Å². The van der Waals surface area contributed by atoms with E-state index in [1.807, 2.05) is 38.0 Å². The largest absolute Gasteiger partial charge is 0.300 e. The van der Waals surface area contributed by atoms with E-state index in [0.29, 0.717) is 0 Å². The number of carbonyl (C=O) groups is 1. The molecule has 0 aliphatic rings. The molecule has 0 N–H and O–H groups in total. The van der Waals surface area contributed by atoms with E-state index < -0.39 is 0 Å². The molecule has 0 fully saturated rings. The number of carbonyl (C=O) groups excluding carboxylic acids is 1. The molecule has 0 aliphatic carbocycles. The summed E-state index contributed by atoms with van der Waals surface area (Å²) in [6.45, 7) is 0. The zero-order chi connectivity index (χ0) is 7.44. The Kier molecular flexibility index (Phi) is 3.42. The Morgan fingerprint density at radius 3 is 1.44 bits per heavy atom. The van der Waals surface area contributed by atoms with Gasteiger partial charge in [-0.25, -0.2) is 0 Å². The fourth-order valence-corrected chi connectivity index (χ4v) is 0.705. The molecule has 0 saturated heterocycles. The summed E-state index contributed by atoms with van der Waals surface area (Å²) in [5.41, 5.74) is 0. The number of hydrogen-bond acceptors (Lipinski definition) is 3. The van der Waals surface area contributed by atoms with Crippen molar-refractivity contribution in [3.8, 4) is 0 Å². The highest BCUT2D eigenvalue weighted by Crippen LogP contribution is 1.90. The van der Waals surface area contributed by atoms with Gasteiger partial charge in [0.1, 0.15) is 6.17 Å². The van der Waals surface area contributed by atoms with Crippen LogP contribution in [0.15, 0.2) is 0 Å². The predicted molar refractivity (Wildman–Crippen MR) is 37.2 cm³/mol. The molecule has 0 heterocycles. The van der Waals surface area contributed by atoms with Crippen LogP contribution < -0.4 is 0 Å². The van der Waals surface area contributed by atoms with Gasteiger partial charge in [-0.3, -0.25) is 9.80 Å². The van der Waals surface area contributed by atoms with Gasteiger partial charge in [-0.2, -0.15) is 0 Å². The van der Waals surface area contributed by atoms with Crippen molar-refractivity contribution in [1.29, 1.82) is 0 Å². The van der Waals surface area contributed by atoms with Crippen molar-refractivity contribution in [2.75, 3.05) is 28.2 Å². The smallest absolute Gasteiger partial charge is 0.151 e. The summed E-state index contributed by atoms with van der Waals surface area (Å²) in [5.74, 6) is 0. The van der Waals surface area contributed by atoms with Crippen molar-refractivity contribution in [3.63, 3.8) is 0 Å². The molecule has 0 aromatic carbocycles. The van der Waals surface area contributed by atoms with Crippen LogP contribution in [-0.2, 0) is 4.79 Å². The van der Waals surface area contributed by atoms with Crippen LogP contribution in [0.2, 0.25) is 0 Å². The lowest BCUT2D eigenvalue weighted by molar-refractivity contribution is -0.115. The number of likely N-dealkylation sites (N-methyl/N-ethyl adjacent to an activating group) is 2. The number of hydrogen-bond donors (Lipinski definition) is 0. The quantitative estimate of drug-likeness (QED) is 0.385.